The summed E-state index contributed by atoms with van der Waals surface area (Å²) in [5.41, 5.74) is 3.01. The van der Waals surface area contributed by atoms with Crippen LogP contribution in [0.4, 0.5) is 0 Å². The zero-order valence-corrected chi connectivity index (χ0v) is 9.06. The van der Waals surface area contributed by atoms with Crippen molar-refractivity contribution in [1.29, 1.82) is 0 Å². The van der Waals surface area contributed by atoms with Gasteiger partial charge < -0.3 is 5.11 Å². The van der Waals surface area contributed by atoms with E-state index in [1.54, 1.807) is 0 Å². The molecule has 1 rings (SSSR count). The number of aryl methyl sites for hydroxylation is 2. The van der Waals surface area contributed by atoms with Crippen molar-refractivity contribution in [3.05, 3.63) is 33.8 Å². The van der Waals surface area contributed by atoms with Gasteiger partial charge in [-0.25, -0.2) is 0 Å². The van der Waals surface area contributed by atoms with Gasteiger partial charge in [-0.1, -0.05) is 23.7 Å². The van der Waals surface area contributed by atoms with Crippen molar-refractivity contribution in [2.45, 2.75) is 26.7 Å². The highest BCUT2D eigenvalue weighted by molar-refractivity contribution is 6.32. The van der Waals surface area contributed by atoms with Crippen LogP contribution in [0.25, 0.3) is 0 Å². The van der Waals surface area contributed by atoms with Crippen LogP contribution >= 0.6 is 11.6 Å². The van der Waals surface area contributed by atoms with Gasteiger partial charge in [0.1, 0.15) is 0 Å². The highest BCUT2D eigenvalue weighted by Crippen LogP contribution is 2.24. The molecule has 0 saturated carbocycles. The van der Waals surface area contributed by atoms with Gasteiger partial charge in [-0.15, -0.1) is 0 Å². The molecule has 0 atom stereocenters. The van der Waals surface area contributed by atoms with Crippen molar-refractivity contribution in [2.24, 2.45) is 0 Å². The predicted molar refractivity (Wildman–Crippen MR) is 56.9 cm³/mol. The second-order valence-corrected chi connectivity index (χ2v) is 3.76. The molecule has 0 unspecified atom stereocenters. The third-order valence-corrected chi connectivity index (χ3v) is 2.79. The largest absolute Gasteiger partial charge is 0.481 e. The van der Waals surface area contributed by atoms with Crippen LogP contribution in [0.3, 0.4) is 0 Å². The Morgan fingerprint density at radius 3 is 2.50 bits per heavy atom. The maximum absolute atomic E-state index is 10.4. The molecular formula is C11H13ClO2. The van der Waals surface area contributed by atoms with Crippen molar-refractivity contribution in [3.8, 4) is 0 Å². The Labute approximate surface area is 88.5 Å². The number of hydrogen-bond donors (Lipinski definition) is 1. The maximum atomic E-state index is 10.4. The monoisotopic (exact) mass is 212 g/mol. The Balaban J connectivity index is 2.95. The second-order valence-electron chi connectivity index (χ2n) is 3.39. The first-order valence-electron chi connectivity index (χ1n) is 4.48. The van der Waals surface area contributed by atoms with E-state index in [1.165, 1.54) is 0 Å². The quantitative estimate of drug-likeness (QED) is 0.837. The summed E-state index contributed by atoms with van der Waals surface area (Å²) < 4.78 is 0. The topological polar surface area (TPSA) is 37.3 Å². The number of rotatable bonds is 3. The Hall–Kier alpha value is -1.02. The van der Waals surface area contributed by atoms with Gasteiger partial charge >= 0.3 is 5.97 Å². The van der Waals surface area contributed by atoms with Gasteiger partial charge in [0.05, 0.1) is 0 Å². The molecule has 1 N–H and O–H groups in total. The number of aliphatic carboxylic acids is 1. The minimum absolute atomic E-state index is 0.129. The SMILES string of the molecule is Cc1ccc(C)c(CCC(=O)O)c1Cl. The Kier molecular flexibility index (Phi) is 3.53. The molecule has 1 aromatic carbocycles. The van der Waals surface area contributed by atoms with Crippen molar-refractivity contribution < 1.29 is 9.90 Å². The van der Waals surface area contributed by atoms with Gasteiger partial charge in [0.15, 0.2) is 0 Å². The Morgan fingerprint density at radius 1 is 1.36 bits per heavy atom. The molecule has 0 aliphatic carbocycles. The van der Waals surface area contributed by atoms with Gasteiger partial charge in [-0.3, -0.25) is 4.79 Å². The summed E-state index contributed by atoms with van der Waals surface area (Å²) in [6, 6.07) is 3.92. The van der Waals surface area contributed by atoms with E-state index in [4.69, 9.17) is 16.7 Å². The number of benzene rings is 1. The van der Waals surface area contributed by atoms with Crippen LogP contribution < -0.4 is 0 Å². The highest BCUT2D eigenvalue weighted by atomic mass is 35.5. The fourth-order valence-corrected chi connectivity index (χ4v) is 1.68. The Morgan fingerprint density at radius 2 is 1.93 bits per heavy atom. The zero-order valence-electron chi connectivity index (χ0n) is 8.30. The van der Waals surface area contributed by atoms with Gasteiger partial charge in [0.25, 0.3) is 0 Å². The molecule has 0 heterocycles. The zero-order chi connectivity index (χ0) is 10.7. The molecule has 14 heavy (non-hydrogen) atoms. The number of carboxylic acid groups (broad SMARTS) is 1. The van der Waals surface area contributed by atoms with Crippen molar-refractivity contribution in [3.63, 3.8) is 0 Å². The summed E-state index contributed by atoms with van der Waals surface area (Å²) in [6.07, 6.45) is 0.631. The predicted octanol–water partition coefficient (Wildman–Crippen LogP) is 2.97. The van der Waals surface area contributed by atoms with Crippen molar-refractivity contribution >= 4 is 17.6 Å². The molecule has 1 aromatic rings. The summed E-state index contributed by atoms with van der Waals surface area (Å²) in [7, 11) is 0. The van der Waals surface area contributed by atoms with E-state index in [2.05, 4.69) is 0 Å². The lowest BCUT2D eigenvalue weighted by atomic mass is 10.0. The molecule has 0 radical (unpaired) electrons. The van der Waals surface area contributed by atoms with Gasteiger partial charge in [0, 0.05) is 11.4 Å². The van der Waals surface area contributed by atoms with Gasteiger partial charge in [0.2, 0.25) is 0 Å². The molecule has 0 fully saturated rings. The minimum atomic E-state index is -0.790. The summed E-state index contributed by atoms with van der Waals surface area (Å²) >= 11 is 6.09. The molecule has 0 aromatic heterocycles. The number of halogens is 1. The van der Waals surface area contributed by atoms with E-state index in [-0.39, 0.29) is 6.42 Å². The van der Waals surface area contributed by atoms with Crippen LogP contribution in [0.5, 0.6) is 0 Å². The molecule has 0 bridgehead atoms. The number of carbonyl (C=O) groups is 1. The fraction of sp³-hybridized carbons (Fsp3) is 0.364. The molecule has 0 saturated heterocycles. The smallest absolute Gasteiger partial charge is 0.303 e. The van der Waals surface area contributed by atoms with Crippen LogP contribution in [0.1, 0.15) is 23.1 Å². The van der Waals surface area contributed by atoms with Gasteiger partial charge in [-0.05, 0) is 37.0 Å². The van der Waals surface area contributed by atoms with E-state index in [0.717, 1.165) is 16.7 Å². The third-order valence-electron chi connectivity index (χ3n) is 2.26. The fourth-order valence-electron chi connectivity index (χ4n) is 1.37. The molecule has 3 heteroatoms. The summed E-state index contributed by atoms with van der Waals surface area (Å²) in [4.78, 5) is 10.4. The summed E-state index contributed by atoms with van der Waals surface area (Å²) in [5.74, 6) is -0.790. The normalized spacial score (nSPS) is 10.2. The van der Waals surface area contributed by atoms with Crippen molar-refractivity contribution in [2.75, 3.05) is 0 Å². The standard InChI is InChI=1S/C11H13ClO2/c1-7-3-4-8(2)11(12)9(7)5-6-10(13)14/h3-4H,5-6H2,1-2H3,(H,13,14). The maximum Gasteiger partial charge on any atom is 0.303 e. The first kappa shape index (κ1) is 11.1. The first-order valence-corrected chi connectivity index (χ1v) is 4.86. The molecule has 76 valence electrons. The van der Waals surface area contributed by atoms with Crippen LogP contribution in [-0.4, -0.2) is 11.1 Å². The molecule has 0 amide bonds. The third kappa shape index (κ3) is 2.48. The minimum Gasteiger partial charge on any atom is -0.481 e. The lowest BCUT2D eigenvalue weighted by molar-refractivity contribution is -0.136. The first-order chi connectivity index (χ1) is 6.52. The van der Waals surface area contributed by atoms with E-state index >= 15 is 0 Å². The lowest BCUT2D eigenvalue weighted by Gasteiger charge is -2.09. The average molecular weight is 213 g/mol. The van der Waals surface area contributed by atoms with Crippen LogP contribution in [-0.2, 0) is 11.2 Å². The average Bonchev–Trinajstić information content (AvgIpc) is 2.11. The van der Waals surface area contributed by atoms with Crippen molar-refractivity contribution in [1.82, 2.24) is 0 Å². The van der Waals surface area contributed by atoms with E-state index in [9.17, 15) is 4.79 Å². The molecule has 0 aliphatic heterocycles. The molecule has 2 nitrogen and oxygen atoms in total. The van der Waals surface area contributed by atoms with Crippen LogP contribution in [0, 0.1) is 13.8 Å². The van der Waals surface area contributed by atoms with E-state index in [0.29, 0.717) is 11.4 Å². The van der Waals surface area contributed by atoms with Gasteiger partial charge in [-0.2, -0.15) is 0 Å². The second kappa shape index (κ2) is 4.47. The number of carboxylic acids is 1. The molecule has 0 aliphatic rings. The molecule has 0 spiro atoms. The van der Waals surface area contributed by atoms with E-state index < -0.39 is 5.97 Å². The van der Waals surface area contributed by atoms with E-state index in [1.807, 2.05) is 26.0 Å². The molecular weight excluding hydrogens is 200 g/mol. The summed E-state index contributed by atoms with van der Waals surface area (Å²) in [6.45, 7) is 3.87. The van der Waals surface area contributed by atoms with Crippen LogP contribution in [0.15, 0.2) is 12.1 Å². The Bertz CT molecular complexity index is 359. The highest BCUT2D eigenvalue weighted by Gasteiger charge is 2.08. The number of hydrogen-bond acceptors (Lipinski definition) is 1. The summed E-state index contributed by atoms with van der Waals surface area (Å²) in [5, 5.41) is 9.28. The van der Waals surface area contributed by atoms with Crippen LogP contribution in [0.2, 0.25) is 5.02 Å². The lowest BCUT2D eigenvalue weighted by Crippen LogP contribution is -2.00.